The number of ether oxygens (including phenoxy) is 3. The fourth-order valence-corrected chi connectivity index (χ4v) is 4.93. The topological polar surface area (TPSA) is 83.4 Å². The molecule has 0 aromatic heterocycles. The van der Waals surface area contributed by atoms with E-state index in [1.54, 1.807) is 21.0 Å². The Morgan fingerprint density at radius 2 is 1.61 bits per heavy atom. The van der Waals surface area contributed by atoms with Crippen LogP contribution in [-0.2, 0) is 23.5 Å². The van der Waals surface area contributed by atoms with Gasteiger partial charge in [-0.15, -0.1) is 23.5 Å². The van der Waals surface area contributed by atoms with Crippen LogP contribution in [0.15, 0.2) is 41.0 Å². The van der Waals surface area contributed by atoms with E-state index in [1.165, 1.54) is 29.6 Å². The Hall–Kier alpha value is -1.75. The van der Waals surface area contributed by atoms with E-state index < -0.39 is 32.3 Å². The second-order valence-corrected chi connectivity index (χ2v) is 14.1. The van der Waals surface area contributed by atoms with Gasteiger partial charge >= 0.3 is 11.9 Å². The Kier molecular flexibility index (Phi) is 12.9. The monoisotopic (exact) mass is 513 g/mol. The van der Waals surface area contributed by atoms with E-state index in [1.807, 2.05) is 56.4 Å². The van der Waals surface area contributed by atoms with Gasteiger partial charge in [-0.05, 0) is 69.8 Å². The summed E-state index contributed by atoms with van der Waals surface area (Å²) in [6.45, 7) is 9.98. The molecule has 0 amide bonds. The minimum Gasteiger partial charge on any atom is -0.497 e. The van der Waals surface area contributed by atoms with Gasteiger partial charge in [0.2, 0.25) is 0 Å². The van der Waals surface area contributed by atoms with Gasteiger partial charge in [-0.2, -0.15) is 0 Å². The Morgan fingerprint density at radius 3 is 2.06 bits per heavy atom. The molecule has 0 saturated carbocycles. The zero-order valence-corrected chi connectivity index (χ0v) is 23.3. The lowest BCUT2D eigenvalue weighted by Gasteiger charge is -2.31. The van der Waals surface area contributed by atoms with Crippen LogP contribution in [0.1, 0.15) is 25.5 Å². The van der Waals surface area contributed by atoms with E-state index in [9.17, 15) is 9.59 Å². The maximum absolute atomic E-state index is 13.1. The molecule has 1 rings (SSSR count). The molecule has 0 fully saturated rings. The zero-order valence-electron chi connectivity index (χ0n) is 20.7. The average Bonchev–Trinajstić information content (AvgIpc) is 2.77. The smallest absolute Gasteiger partial charge is 0.356 e. The summed E-state index contributed by atoms with van der Waals surface area (Å²) in [4.78, 5) is 30.3. The molecule has 0 N–H and O–H groups in total. The molecule has 1 aromatic rings. The van der Waals surface area contributed by atoms with E-state index in [0.29, 0.717) is 10.1 Å². The normalized spacial score (nSPS) is 13.6. The number of carbonyl (C=O) groups excluding carboxylic acids is 2. The number of hydrogen-bond acceptors (Lipinski definition) is 9. The predicted octanol–water partition coefficient (Wildman–Crippen LogP) is 5.30. The third-order valence-electron chi connectivity index (χ3n) is 4.19. The van der Waals surface area contributed by atoms with Crippen molar-refractivity contribution in [2.75, 3.05) is 32.8 Å². The maximum atomic E-state index is 13.1. The Labute approximate surface area is 206 Å². The molecule has 7 nitrogen and oxygen atoms in total. The zero-order chi connectivity index (χ0) is 25.0. The Bertz CT molecular complexity index is 830. The maximum Gasteiger partial charge on any atom is 0.356 e. The number of rotatable bonds is 11. The number of thioether (sulfide) groups is 2. The summed E-state index contributed by atoms with van der Waals surface area (Å²) in [5.41, 5.74) is 0.820. The molecule has 0 spiro atoms. The molecule has 2 atom stereocenters. The van der Waals surface area contributed by atoms with Gasteiger partial charge in [-0.3, -0.25) is 4.79 Å². The third-order valence-corrected chi connectivity index (χ3v) is 7.03. The van der Waals surface area contributed by atoms with Crippen molar-refractivity contribution in [2.24, 2.45) is 10.9 Å². The molecule has 0 aliphatic heterocycles. The largest absolute Gasteiger partial charge is 0.497 e. The summed E-state index contributed by atoms with van der Waals surface area (Å²) in [7, 11) is -0.533. The van der Waals surface area contributed by atoms with Gasteiger partial charge in [0, 0.05) is 0 Å². The highest BCUT2D eigenvalue weighted by Crippen LogP contribution is 2.34. The Morgan fingerprint density at radius 1 is 1.03 bits per heavy atom. The Balaban J connectivity index is 3.70. The molecule has 0 radical (unpaired) electrons. The van der Waals surface area contributed by atoms with Crippen molar-refractivity contribution in [2.45, 2.75) is 39.6 Å². The van der Waals surface area contributed by atoms with Crippen molar-refractivity contribution < 1.29 is 28.2 Å². The average molecular weight is 514 g/mol. The summed E-state index contributed by atoms with van der Waals surface area (Å²) >= 11 is 2.82. The van der Waals surface area contributed by atoms with Crippen LogP contribution in [0.2, 0.25) is 19.6 Å². The van der Waals surface area contributed by atoms with E-state index in [-0.39, 0.29) is 18.9 Å². The van der Waals surface area contributed by atoms with Gasteiger partial charge in [-0.25, -0.2) is 9.79 Å². The van der Waals surface area contributed by atoms with Crippen LogP contribution in [0, 0.1) is 5.92 Å². The van der Waals surface area contributed by atoms with Crippen molar-refractivity contribution in [1.82, 2.24) is 0 Å². The number of carbonyl (C=O) groups is 2. The van der Waals surface area contributed by atoms with E-state index in [2.05, 4.69) is 4.99 Å². The second kappa shape index (κ2) is 14.5. The molecule has 0 aliphatic carbocycles. The van der Waals surface area contributed by atoms with Crippen LogP contribution in [-0.4, -0.2) is 57.5 Å². The van der Waals surface area contributed by atoms with Gasteiger partial charge in [-0.1, -0.05) is 12.1 Å². The van der Waals surface area contributed by atoms with Gasteiger partial charge in [0.25, 0.3) is 0 Å². The van der Waals surface area contributed by atoms with Crippen LogP contribution in [0.3, 0.4) is 0 Å². The van der Waals surface area contributed by atoms with Crippen molar-refractivity contribution in [3.05, 3.63) is 41.6 Å². The van der Waals surface area contributed by atoms with Crippen LogP contribution in [0.5, 0.6) is 5.75 Å². The summed E-state index contributed by atoms with van der Waals surface area (Å²) in [6.07, 6.45) is 4.58. The first kappa shape index (κ1) is 29.3. The number of hydrogen-bond donors (Lipinski definition) is 0. The molecule has 0 saturated heterocycles. The number of aliphatic imine (C=N–C) groups is 1. The third kappa shape index (κ3) is 9.95. The van der Waals surface area contributed by atoms with E-state index in [0.717, 1.165) is 5.56 Å². The number of benzene rings is 1. The highest BCUT2D eigenvalue weighted by atomic mass is 32.2. The summed E-state index contributed by atoms with van der Waals surface area (Å²) in [6, 6.07) is 7.33. The minimum absolute atomic E-state index is 0.0475. The molecule has 10 heteroatoms. The molecule has 0 heterocycles. The highest BCUT2D eigenvalue weighted by molar-refractivity contribution is 8.38. The summed E-state index contributed by atoms with van der Waals surface area (Å²) in [5, 5.41) is 0. The molecule has 1 aromatic carbocycles. The molecule has 0 bridgehead atoms. The van der Waals surface area contributed by atoms with Crippen LogP contribution in [0.4, 0.5) is 0 Å². The van der Waals surface area contributed by atoms with Crippen LogP contribution in [0.25, 0.3) is 0 Å². The van der Waals surface area contributed by atoms with Crippen molar-refractivity contribution >= 4 is 48.2 Å². The van der Waals surface area contributed by atoms with Crippen LogP contribution >= 0.6 is 23.5 Å². The fourth-order valence-electron chi connectivity index (χ4n) is 2.84. The molecular formula is C23H35NO6S2Si. The van der Waals surface area contributed by atoms with Gasteiger partial charge in [0.05, 0.1) is 26.4 Å². The molecule has 0 aliphatic rings. The number of esters is 2. The standard InChI is InChI=1S/C23H35NO6S2Si/c1-9-28-21(25)18(15-19(22(26)29-10-2)24-23(31-4)32-5)20(30-33(6,7)8)16-11-13-17(27-3)14-12-16/h11-15,18,20H,9-10H2,1-8H3/b19-15-/t18-,20+/m0/s1. The SMILES string of the molecule is CCOC(=O)/C(=C/[C@H](C(=O)OCC)[C@H](O[Si](C)(C)C)c1ccc(OC)cc1)N=C(SC)SC. The van der Waals surface area contributed by atoms with Gasteiger partial charge in [0.15, 0.2) is 8.32 Å². The van der Waals surface area contributed by atoms with Crippen LogP contribution < -0.4 is 4.74 Å². The summed E-state index contributed by atoms with van der Waals surface area (Å²) in [5.74, 6) is -1.31. The molecule has 0 unspecified atom stereocenters. The highest BCUT2D eigenvalue weighted by Gasteiger charge is 2.35. The fraction of sp³-hybridized carbons (Fsp3) is 0.522. The quantitative estimate of drug-likeness (QED) is 0.130. The van der Waals surface area contributed by atoms with E-state index in [4.69, 9.17) is 18.6 Å². The molecular weight excluding hydrogens is 478 g/mol. The lowest BCUT2D eigenvalue weighted by atomic mass is 9.94. The first-order valence-electron chi connectivity index (χ1n) is 10.6. The van der Waals surface area contributed by atoms with Gasteiger partial charge < -0.3 is 18.6 Å². The molecule has 33 heavy (non-hydrogen) atoms. The van der Waals surface area contributed by atoms with Crippen molar-refractivity contribution in [3.8, 4) is 5.75 Å². The lowest BCUT2D eigenvalue weighted by Crippen LogP contribution is -2.34. The number of methoxy groups -OCH3 is 1. The number of nitrogens with zero attached hydrogens (tertiary/aromatic N) is 1. The predicted molar refractivity (Wildman–Crippen MR) is 139 cm³/mol. The summed E-state index contributed by atoms with van der Waals surface area (Å²) < 4.78 is 23.0. The second-order valence-electron chi connectivity index (χ2n) is 7.76. The molecule has 184 valence electrons. The van der Waals surface area contributed by atoms with E-state index >= 15 is 0 Å². The first-order valence-corrected chi connectivity index (χ1v) is 16.5. The van der Waals surface area contributed by atoms with Gasteiger partial charge in [0.1, 0.15) is 21.7 Å². The van der Waals surface area contributed by atoms with Crippen molar-refractivity contribution in [3.63, 3.8) is 0 Å². The van der Waals surface area contributed by atoms with Crippen molar-refractivity contribution in [1.29, 1.82) is 0 Å². The lowest BCUT2D eigenvalue weighted by molar-refractivity contribution is -0.149. The minimum atomic E-state index is -2.12. The first-order chi connectivity index (χ1) is 15.6.